The van der Waals surface area contributed by atoms with E-state index in [0.717, 1.165) is 26.6 Å². The molecule has 1 aromatic heterocycles. The summed E-state index contributed by atoms with van der Waals surface area (Å²) in [5, 5.41) is 14.7. The molecule has 0 aliphatic carbocycles. The Morgan fingerprint density at radius 3 is 2.78 bits per heavy atom. The second-order valence-electron chi connectivity index (χ2n) is 4.05. The summed E-state index contributed by atoms with van der Waals surface area (Å²) in [4.78, 5) is 0. The number of aliphatic hydroxyl groups is 1. The van der Waals surface area contributed by atoms with Gasteiger partial charge in [-0.25, -0.2) is 4.68 Å². The fourth-order valence-electron chi connectivity index (χ4n) is 1.97. The predicted octanol–water partition coefficient (Wildman–Crippen LogP) is 3.28. The largest absolute Gasteiger partial charge is 0.392 e. The van der Waals surface area contributed by atoms with E-state index in [1.54, 1.807) is 0 Å². The minimum absolute atomic E-state index is 0.0285. The van der Waals surface area contributed by atoms with Crippen LogP contribution in [0.2, 0.25) is 0 Å². The van der Waals surface area contributed by atoms with E-state index in [-0.39, 0.29) is 6.61 Å². The van der Waals surface area contributed by atoms with Gasteiger partial charge in [-0.1, -0.05) is 40.2 Å². The molecule has 0 atom stereocenters. The van der Waals surface area contributed by atoms with Gasteiger partial charge in [-0.3, -0.25) is 0 Å². The molecule has 1 heterocycles. The van der Waals surface area contributed by atoms with Gasteiger partial charge >= 0.3 is 0 Å². The van der Waals surface area contributed by atoms with Crippen LogP contribution < -0.4 is 0 Å². The first-order valence-electron chi connectivity index (χ1n) is 5.62. The van der Waals surface area contributed by atoms with Crippen molar-refractivity contribution >= 4 is 26.8 Å². The van der Waals surface area contributed by atoms with Crippen molar-refractivity contribution in [3.8, 4) is 5.69 Å². The van der Waals surface area contributed by atoms with Crippen molar-refractivity contribution in [2.24, 2.45) is 0 Å². The molecule has 4 heteroatoms. The normalized spacial score (nSPS) is 11.0. The summed E-state index contributed by atoms with van der Waals surface area (Å²) >= 11 is 3.46. The molecule has 3 rings (SSSR count). The van der Waals surface area contributed by atoms with Gasteiger partial charge in [0, 0.05) is 9.86 Å². The Kier molecular flexibility index (Phi) is 2.89. The van der Waals surface area contributed by atoms with Gasteiger partial charge in [0.1, 0.15) is 0 Å². The SMILES string of the molecule is OCc1ccc(-n2ncc3ccccc32)cc1Br. The van der Waals surface area contributed by atoms with Crippen molar-refractivity contribution in [2.45, 2.75) is 6.61 Å². The number of hydrogen-bond donors (Lipinski definition) is 1. The van der Waals surface area contributed by atoms with Crippen LogP contribution >= 0.6 is 15.9 Å². The van der Waals surface area contributed by atoms with Crippen molar-refractivity contribution in [3.05, 3.63) is 58.7 Å². The third-order valence-electron chi connectivity index (χ3n) is 2.93. The van der Waals surface area contributed by atoms with Gasteiger partial charge in [-0.15, -0.1) is 0 Å². The van der Waals surface area contributed by atoms with Gasteiger partial charge in [-0.2, -0.15) is 5.10 Å². The van der Waals surface area contributed by atoms with Crippen molar-refractivity contribution in [2.75, 3.05) is 0 Å². The molecule has 0 aliphatic rings. The first kappa shape index (κ1) is 11.4. The van der Waals surface area contributed by atoms with Crippen LogP contribution in [0.4, 0.5) is 0 Å². The molecule has 0 unspecified atom stereocenters. The molecule has 0 radical (unpaired) electrons. The van der Waals surface area contributed by atoms with Gasteiger partial charge < -0.3 is 5.11 Å². The number of aromatic nitrogens is 2. The third-order valence-corrected chi connectivity index (χ3v) is 3.67. The number of fused-ring (bicyclic) bond motifs is 1. The highest BCUT2D eigenvalue weighted by molar-refractivity contribution is 9.10. The van der Waals surface area contributed by atoms with Gasteiger partial charge in [0.25, 0.3) is 0 Å². The summed E-state index contributed by atoms with van der Waals surface area (Å²) in [6.07, 6.45) is 1.85. The molecule has 3 aromatic rings. The second-order valence-corrected chi connectivity index (χ2v) is 4.90. The van der Waals surface area contributed by atoms with Crippen LogP contribution in [-0.4, -0.2) is 14.9 Å². The number of rotatable bonds is 2. The fourth-order valence-corrected chi connectivity index (χ4v) is 2.47. The van der Waals surface area contributed by atoms with Crippen molar-refractivity contribution < 1.29 is 5.11 Å². The Balaban J connectivity index is 2.17. The van der Waals surface area contributed by atoms with Crippen molar-refractivity contribution in [1.82, 2.24) is 9.78 Å². The van der Waals surface area contributed by atoms with E-state index in [2.05, 4.69) is 21.0 Å². The van der Waals surface area contributed by atoms with Crippen LogP contribution in [0.15, 0.2) is 53.1 Å². The summed E-state index contributed by atoms with van der Waals surface area (Å²) in [6.45, 7) is 0.0285. The number of hydrogen-bond acceptors (Lipinski definition) is 2. The lowest BCUT2D eigenvalue weighted by molar-refractivity contribution is 0.281. The number of aliphatic hydroxyl groups excluding tert-OH is 1. The molecule has 0 spiro atoms. The Bertz CT molecular complexity index is 706. The molecule has 2 aromatic carbocycles. The van der Waals surface area contributed by atoms with E-state index < -0.39 is 0 Å². The molecule has 90 valence electrons. The summed E-state index contributed by atoms with van der Waals surface area (Å²) in [5.74, 6) is 0. The van der Waals surface area contributed by atoms with Crippen LogP contribution in [0.25, 0.3) is 16.6 Å². The van der Waals surface area contributed by atoms with Crippen LogP contribution in [0.1, 0.15) is 5.56 Å². The van der Waals surface area contributed by atoms with Crippen molar-refractivity contribution in [1.29, 1.82) is 0 Å². The highest BCUT2D eigenvalue weighted by Gasteiger charge is 2.06. The van der Waals surface area contributed by atoms with Crippen LogP contribution in [0, 0.1) is 0 Å². The molecule has 0 amide bonds. The highest BCUT2D eigenvalue weighted by atomic mass is 79.9. The molecule has 0 saturated carbocycles. The van der Waals surface area contributed by atoms with E-state index >= 15 is 0 Å². The summed E-state index contributed by atoms with van der Waals surface area (Å²) < 4.78 is 2.78. The van der Waals surface area contributed by atoms with E-state index in [1.807, 2.05) is 53.3 Å². The quantitative estimate of drug-likeness (QED) is 0.789. The lowest BCUT2D eigenvalue weighted by atomic mass is 10.2. The van der Waals surface area contributed by atoms with Gasteiger partial charge in [0.2, 0.25) is 0 Å². The van der Waals surface area contributed by atoms with E-state index in [9.17, 15) is 0 Å². The van der Waals surface area contributed by atoms with E-state index in [0.29, 0.717) is 0 Å². The van der Waals surface area contributed by atoms with Gasteiger partial charge in [0.15, 0.2) is 0 Å². The zero-order valence-electron chi connectivity index (χ0n) is 9.55. The van der Waals surface area contributed by atoms with Crippen molar-refractivity contribution in [3.63, 3.8) is 0 Å². The number of nitrogens with zero attached hydrogens (tertiary/aromatic N) is 2. The highest BCUT2D eigenvalue weighted by Crippen LogP contribution is 2.23. The first-order valence-corrected chi connectivity index (χ1v) is 6.41. The Labute approximate surface area is 113 Å². The maximum atomic E-state index is 9.16. The number of benzene rings is 2. The Hall–Kier alpha value is -1.65. The molecule has 0 bridgehead atoms. The molecule has 0 fully saturated rings. The molecule has 3 nitrogen and oxygen atoms in total. The number of halogens is 1. The van der Waals surface area contributed by atoms with Crippen LogP contribution in [0.3, 0.4) is 0 Å². The standard InChI is InChI=1S/C14H11BrN2O/c15-13-7-12(6-5-11(13)9-18)17-14-4-2-1-3-10(14)8-16-17/h1-8,18H,9H2. The van der Waals surface area contributed by atoms with E-state index in [1.165, 1.54) is 0 Å². The molecule has 0 saturated heterocycles. The monoisotopic (exact) mass is 302 g/mol. The molecule has 1 N–H and O–H groups in total. The van der Waals surface area contributed by atoms with Crippen LogP contribution in [-0.2, 0) is 6.61 Å². The average molecular weight is 303 g/mol. The summed E-state index contributed by atoms with van der Waals surface area (Å²) in [7, 11) is 0. The third kappa shape index (κ3) is 1.83. The molecule has 0 aliphatic heterocycles. The minimum Gasteiger partial charge on any atom is -0.392 e. The van der Waals surface area contributed by atoms with Gasteiger partial charge in [-0.05, 0) is 23.8 Å². The smallest absolute Gasteiger partial charge is 0.0741 e. The number of para-hydroxylation sites is 1. The minimum atomic E-state index is 0.0285. The fraction of sp³-hybridized carbons (Fsp3) is 0.0714. The Morgan fingerprint density at radius 1 is 1.17 bits per heavy atom. The van der Waals surface area contributed by atoms with E-state index in [4.69, 9.17) is 5.11 Å². The zero-order valence-corrected chi connectivity index (χ0v) is 11.1. The van der Waals surface area contributed by atoms with Gasteiger partial charge in [0.05, 0.1) is 24.0 Å². The first-order chi connectivity index (χ1) is 8.79. The predicted molar refractivity (Wildman–Crippen MR) is 74.7 cm³/mol. The lowest BCUT2D eigenvalue weighted by Crippen LogP contribution is -1.97. The summed E-state index contributed by atoms with van der Waals surface area (Å²) in [5.41, 5.74) is 2.91. The molecular weight excluding hydrogens is 292 g/mol. The Morgan fingerprint density at radius 2 is 2.00 bits per heavy atom. The second kappa shape index (κ2) is 4.55. The molecule has 18 heavy (non-hydrogen) atoms. The maximum absolute atomic E-state index is 9.16. The summed E-state index contributed by atoms with van der Waals surface area (Å²) in [6, 6.07) is 13.9. The average Bonchev–Trinajstić information content (AvgIpc) is 2.82. The van der Waals surface area contributed by atoms with Crippen LogP contribution in [0.5, 0.6) is 0 Å². The maximum Gasteiger partial charge on any atom is 0.0741 e. The molecular formula is C14H11BrN2O. The topological polar surface area (TPSA) is 38.0 Å². The zero-order chi connectivity index (χ0) is 12.5. The lowest BCUT2D eigenvalue weighted by Gasteiger charge is -2.06.